The summed E-state index contributed by atoms with van der Waals surface area (Å²) in [5, 5.41) is 0. The lowest BCUT2D eigenvalue weighted by Gasteiger charge is -2.44. The molecule has 1 heterocycles. The summed E-state index contributed by atoms with van der Waals surface area (Å²) in [6.07, 6.45) is -4.03. The van der Waals surface area contributed by atoms with Crippen molar-refractivity contribution < 1.29 is 27.8 Å². The number of ether oxygens (including phenoxy) is 2. The molecule has 0 radical (unpaired) electrons. The van der Waals surface area contributed by atoms with Crippen LogP contribution in [0.3, 0.4) is 0 Å². The highest BCUT2D eigenvalue weighted by Crippen LogP contribution is 2.44. The monoisotopic (exact) mass is 458 g/mol. The van der Waals surface area contributed by atoms with Gasteiger partial charge in [0.1, 0.15) is 12.2 Å². The van der Waals surface area contributed by atoms with E-state index < -0.39 is 36.8 Å². The molecule has 1 saturated heterocycles. The molecule has 0 spiro atoms. The molecule has 0 unspecified atom stereocenters. The Balaban J connectivity index is 1.41. The standard InChI is InChI=1S/C25H28F2N2O4/c1-25(2,3)33-23(30)28-12-16(13-28)29(14-22(26)27)24(31)32-15-21-19-10-6-4-8-17(19)18-9-5-7-11-20(18)21/h4-11,16,21-22H,12-15H2,1-3H3. The van der Waals surface area contributed by atoms with E-state index in [0.717, 1.165) is 27.2 Å². The molecule has 0 atom stereocenters. The maximum absolute atomic E-state index is 13.2. The van der Waals surface area contributed by atoms with E-state index in [1.54, 1.807) is 20.8 Å². The van der Waals surface area contributed by atoms with Crippen LogP contribution in [0.25, 0.3) is 11.1 Å². The van der Waals surface area contributed by atoms with Crippen molar-refractivity contribution in [3.63, 3.8) is 0 Å². The Labute approximate surface area is 192 Å². The number of fused-ring (bicyclic) bond motifs is 3. The van der Waals surface area contributed by atoms with Gasteiger partial charge in [0.2, 0.25) is 0 Å². The number of halogens is 2. The Kier molecular flexibility index (Phi) is 6.28. The molecule has 33 heavy (non-hydrogen) atoms. The predicted molar refractivity (Wildman–Crippen MR) is 119 cm³/mol. The molecular formula is C25H28F2N2O4. The first-order valence-corrected chi connectivity index (χ1v) is 11.0. The number of carbonyl (C=O) groups is 2. The highest BCUT2D eigenvalue weighted by atomic mass is 19.3. The molecule has 6 nitrogen and oxygen atoms in total. The molecule has 176 valence electrons. The maximum atomic E-state index is 13.2. The third-order valence-corrected chi connectivity index (χ3v) is 5.86. The van der Waals surface area contributed by atoms with Crippen LogP contribution in [0, 0.1) is 0 Å². The molecule has 4 rings (SSSR count). The number of amides is 2. The summed E-state index contributed by atoms with van der Waals surface area (Å²) >= 11 is 0. The average Bonchev–Trinajstić information content (AvgIpc) is 3.02. The highest BCUT2D eigenvalue weighted by Gasteiger charge is 2.41. The molecule has 0 bridgehead atoms. The highest BCUT2D eigenvalue weighted by molar-refractivity contribution is 5.79. The van der Waals surface area contributed by atoms with Gasteiger partial charge in [-0.15, -0.1) is 0 Å². The van der Waals surface area contributed by atoms with E-state index in [4.69, 9.17) is 9.47 Å². The predicted octanol–water partition coefficient (Wildman–Crippen LogP) is 5.12. The second-order valence-electron chi connectivity index (χ2n) is 9.39. The minimum Gasteiger partial charge on any atom is -0.448 e. The van der Waals surface area contributed by atoms with Crippen molar-refractivity contribution in [3.05, 3.63) is 59.7 Å². The number of hydrogen-bond donors (Lipinski definition) is 0. The molecule has 0 saturated carbocycles. The first-order valence-electron chi connectivity index (χ1n) is 11.0. The summed E-state index contributed by atoms with van der Waals surface area (Å²) in [6.45, 7) is 4.82. The van der Waals surface area contributed by atoms with Crippen LogP contribution in [0.5, 0.6) is 0 Å². The third-order valence-electron chi connectivity index (χ3n) is 5.86. The Morgan fingerprint density at radius 2 is 1.58 bits per heavy atom. The topological polar surface area (TPSA) is 59.1 Å². The SMILES string of the molecule is CC(C)(C)OC(=O)N1CC(N(CC(F)F)C(=O)OCC2c3ccccc3-c3ccccc32)C1. The largest absolute Gasteiger partial charge is 0.448 e. The van der Waals surface area contributed by atoms with Crippen molar-refractivity contribution in [2.45, 2.75) is 44.8 Å². The Morgan fingerprint density at radius 1 is 1.03 bits per heavy atom. The Morgan fingerprint density at radius 3 is 2.09 bits per heavy atom. The normalized spacial score (nSPS) is 15.6. The molecule has 2 aromatic carbocycles. The van der Waals surface area contributed by atoms with Crippen molar-refractivity contribution in [2.24, 2.45) is 0 Å². The molecule has 1 fully saturated rings. The summed E-state index contributed by atoms with van der Waals surface area (Å²) in [4.78, 5) is 27.4. The van der Waals surface area contributed by atoms with Crippen LogP contribution in [0.1, 0.15) is 37.8 Å². The lowest BCUT2D eigenvalue weighted by Crippen LogP contribution is -2.63. The Hall–Kier alpha value is -3.16. The summed E-state index contributed by atoms with van der Waals surface area (Å²) in [5.74, 6) is -0.158. The molecule has 2 aromatic rings. The number of likely N-dealkylation sites (tertiary alicyclic amines) is 1. The van der Waals surface area contributed by atoms with Crippen LogP contribution >= 0.6 is 0 Å². The second kappa shape index (κ2) is 9.00. The summed E-state index contributed by atoms with van der Waals surface area (Å²) < 4.78 is 37.3. The smallest absolute Gasteiger partial charge is 0.410 e. The minimum atomic E-state index is -2.71. The number of hydrogen-bond acceptors (Lipinski definition) is 4. The Bertz CT molecular complexity index is 986. The number of carbonyl (C=O) groups excluding carboxylic acids is 2. The van der Waals surface area contributed by atoms with Crippen molar-refractivity contribution in [2.75, 3.05) is 26.2 Å². The average molecular weight is 459 g/mol. The first-order chi connectivity index (χ1) is 15.6. The van der Waals surface area contributed by atoms with Gasteiger partial charge in [-0.05, 0) is 43.0 Å². The zero-order valence-electron chi connectivity index (χ0n) is 19.0. The van der Waals surface area contributed by atoms with Crippen molar-refractivity contribution in [1.29, 1.82) is 0 Å². The second-order valence-corrected chi connectivity index (χ2v) is 9.39. The fourth-order valence-corrected chi connectivity index (χ4v) is 4.33. The van der Waals surface area contributed by atoms with Gasteiger partial charge in [0.15, 0.2) is 0 Å². The van der Waals surface area contributed by atoms with Gasteiger partial charge in [0, 0.05) is 19.0 Å². The number of alkyl halides is 2. The van der Waals surface area contributed by atoms with Gasteiger partial charge in [-0.1, -0.05) is 48.5 Å². The van der Waals surface area contributed by atoms with Gasteiger partial charge in [-0.3, -0.25) is 4.90 Å². The third kappa shape index (κ3) is 4.94. The van der Waals surface area contributed by atoms with E-state index >= 15 is 0 Å². The molecule has 2 aliphatic rings. The molecule has 0 N–H and O–H groups in total. The lowest BCUT2D eigenvalue weighted by atomic mass is 9.98. The number of nitrogens with zero attached hydrogens (tertiary/aromatic N) is 2. The van der Waals surface area contributed by atoms with Crippen molar-refractivity contribution in [1.82, 2.24) is 9.80 Å². The fraction of sp³-hybridized carbons (Fsp3) is 0.440. The molecule has 8 heteroatoms. The minimum absolute atomic E-state index is 0.0507. The van der Waals surface area contributed by atoms with Gasteiger partial charge in [-0.2, -0.15) is 0 Å². The van der Waals surface area contributed by atoms with Gasteiger partial charge < -0.3 is 14.4 Å². The molecule has 1 aliphatic heterocycles. The quantitative estimate of drug-likeness (QED) is 0.624. The van der Waals surface area contributed by atoms with E-state index in [9.17, 15) is 18.4 Å². The van der Waals surface area contributed by atoms with Crippen LogP contribution in [-0.4, -0.2) is 66.3 Å². The van der Waals surface area contributed by atoms with Crippen LogP contribution in [0.2, 0.25) is 0 Å². The summed E-state index contributed by atoms with van der Waals surface area (Å²) in [5.41, 5.74) is 3.62. The van der Waals surface area contributed by atoms with E-state index in [-0.39, 0.29) is 25.6 Å². The molecular weight excluding hydrogens is 430 g/mol. The van der Waals surface area contributed by atoms with Gasteiger partial charge >= 0.3 is 12.2 Å². The zero-order chi connectivity index (χ0) is 23.8. The van der Waals surface area contributed by atoms with Gasteiger partial charge in [0.25, 0.3) is 6.43 Å². The summed E-state index contributed by atoms with van der Waals surface area (Å²) in [7, 11) is 0. The van der Waals surface area contributed by atoms with E-state index in [1.165, 1.54) is 4.90 Å². The van der Waals surface area contributed by atoms with Crippen LogP contribution in [0.4, 0.5) is 18.4 Å². The number of benzene rings is 2. The maximum Gasteiger partial charge on any atom is 0.410 e. The van der Waals surface area contributed by atoms with E-state index in [0.29, 0.717) is 0 Å². The van der Waals surface area contributed by atoms with E-state index in [1.807, 2.05) is 48.5 Å². The fourth-order valence-electron chi connectivity index (χ4n) is 4.33. The van der Waals surface area contributed by atoms with Crippen LogP contribution in [0.15, 0.2) is 48.5 Å². The number of rotatable bonds is 5. The summed E-state index contributed by atoms with van der Waals surface area (Å²) in [6, 6.07) is 15.3. The molecule has 0 aromatic heterocycles. The first kappa shape index (κ1) is 23.0. The lowest BCUT2D eigenvalue weighted by molar-refractivity contribution is -0.0266. The molecule has 2 amide bonds. The van der Waals surface area contributed by atoms with Crippen LogP contribution < -0.4 is 0 Å². The van der Waals surface area contributed by atoms with Gasteiger partial charge in [-0.25, -0.2) is 18.4 Å². The van der Waals surface area contributed by atoms with Crippen LogP contribution in [-0.2, 0) is 9.47 Å². The van der Waals surface area contributed by atoms with Crippen molar-refractivity contribution in [3.8, 4) is 11.1 Å². The zero-order valence-corrected chi connectivity index (χ0v) is 19.0. The van der Waals surface area contributed by atoms with E-state index in [2.05, 4.69) is 0 Å². The molecule has 1 aliphatic carbocycles. The van der Waals surface area contributed by atoms with Gasteiger partial charge in [0.05, 0.1) is 12.6 Å². The van der Waals surface area contributed by atoms with Crippen molar-refractivity contribution >= 4 is 12.2 Å².